The van der Waals surface area contributed by atoms with E-state index in [1.807, 2.05) is 31.2 Å². The van der Waals surface area contributed by atoms with E-state index >= 15 is 0 Å². The summed E-state index contributed by atoms with van der Waals surface area (Å²) in [7, 11) is -0.792. The predicted octanol–water partition coefficient (Wildman–Crippen LogP) is 7.04. The van der Waals surface area contributed by atoms with Crippen molar-refractivity contribution >= 4 is 34.0 Å². The largest absolute Gasteiger partial charge is 0.494 e. The summed E-state index contributed by atoms with van der Waals surface area (Å²) in [6.45, 7) is 9.52. The van der Waals surface area contributed by atoms with E-state index in [9.17, 15) is 4.21 Å². The van der Waals surface area contributed by atoms with Crippen LogP contribution in [0.15, 0.2) is 36.4 Å². The van der Waals surface area contributed by atoms with Crippen molar-refractivity contribution in [2.45, 2.75) is 52.4 Å². The molecule has 166 valence electrons. The highest BCUT2D eigenvalue weighted by molar-refractivity contribution is 7.84. The maximum Gasteiger partial charge on any atom is 0.156 e. The normalized spacial score (nSPS) is 12.6. The van der Waals surface area contributed by atoms with Crippen LogP contribution in [0.2, 0.25) is 10.0 Å². The number of ether oxygens (including phenoxy) is 2. The van der Waals surface area contributed by atoms with Crippen LogP contribution in [0, 0.1) is 0 Å². The Hall–Kier alpha value is -1.23. The molecule has 0 N–H and O–H groups in total. The molecule has 0 spiro atoms. The fourth-order valence-corrected chi connectivity index (χ4v) is 4.39. The van der Waals surface area contributed by atoms with Gasteiger partial charge in [-0.05, 0) is 48.2 Å². The van der Waals surface area contributed by atoms with Gasteiger partial charge in [0.15, 0.2) is 5.75 Å². The molecular formula is C24H32Cl2O3S. The zero-order valence-corrected chi connectivity index (χ0v) is 20.6. The maximum atomic E-state index is 11.5. The summed E-state index contributed by atoms with van der Waals surface area (Å²) in [5, 5.41) is 0.975. The number of unbranched alkanes of at least 4 members (excludes halogenated alkanes) is 1. The molecule has 6 heteroatoms. The first-order valence-corrected chi connectivity index (χ1v) is 12.7. The summed E-state index contributed by atoms with van der Waals surface area (Å²) in [6, 6.07) is 12.0. The quantitative estimate of drug-likeness (QED) is 0.312. The second-order valence-electron chi connectivity index (χ2n) is 7.76. The molecule has 0 fully saturated rings. The van der Waals surface area contributed by atoms with Gasteiger partial charge in [-0.15, -0.1) is 0 Å². The lowest BCUT2D eigenvalue weighted by Crippen LogP contribution is -2.19. The van der Waals surface area contributed by atoms with Crippen molar-refractivity contribution in [3.05, 3.63) is 57.6 Å². The number of halogens is 2. The van der Waals surface area contributed by atoms with Crippen LogP contribution in [0.3, 0.4) is 0 Å². The first kappa shape index (κ1) is 25.0. The van der Waals surface area contributed by atoms with E-state index in [1.165, 1.54) is 0 Å². The summed E-state index contributed by atoms with van der Waals surface area (Å²) in [5.41, 5.74) is 1.87. The number of rotatable bonds is 12. The van der Waals surface area contributed by atoms with Crippen LogP contribution in [0.5, 0.6) is 11.5 Å². The topological polar surface area (TPSA) is 35.5 Å². The average Bonchev–Trinajstić information content (AvgIpc) is 2.72. The molecular weight excluding hydrogens is 439 g/mol. The number of hydrogen-bond donors (Lipinski definition) is 0. The lowest BCUT2D eigenvalue weighted by atomic mass is 9.78. The minimum atomic E-state index is -0.792. The lowest BCUT2D eigenvalue weighted by Gasteiger charge is -2.27. The van der Waals surface area contributed by atoms with Gasteiger partial charge in [0, 0.05) is 27.7 Å². The first-order valence-electron chi connectivity index (χ1n) is 10.5. The second-order valence-corrected chi connectivity index (χ2v) is 10.4. The van der Waals surface area contributed by atoms with E-state index in [1.54, 1.807) is 0 Å². The van der Waals surface area contributed by atoms with E-state index in [4.69, 9.17) is 32.7 Å². The monoisotopic (exact) mass is 470 g/mol. The van der Waals surface area contributed by atoms with Gasteiger partial charge in [0.05, 0.1) is 23.3 Å². The number of hydrogen-bond acceptors (Lipinski definition) is 3. The van der Waals surface area contributed by atoms with Crippen LogP contribution in [-0.4, -0.2) is 28.9 Å². The third-order valence-corrected chi connectivity index (χ3v) is 7.10. The molecule has 0 saturated carbocycles. The highest BCUT2D eigenvalue weighted by Crippen LogP contribution is 2.40. The summed E-state index contributed by atoms with van der Waals surface area (Å²) >= 11 is 13.0. The maximum absolute atomic E-state index is 11.5. The second kappa shape index (κ2) is 12.0. The molecule has 0 aromatic heterocycles. The highest BCUT2D eigenvalue weighted by Gasteiger charge is 2.25. The van der Waals surface area contributed by atoms with E-state index < -0.39 is 10.8 Å². The van der Waals surface area contributed by atoms with Crippen LogP contribution in [0.25, 0.3) is 0 Å². The molecule has 1 atom stereocenters. The van der Waals surface area contributed by atoms with E-state index in [0.29, 0.717) is 40.3 Å². The van der Waals surface area contributed by atoms with Gasteiger partial charge in [0.1, 0.15) is 5.75 Å². The Morgan fingerprint density at radius 1 is 0.900 bits per heavy atom. The van der Waals surface area contributed by atoms with Gasteiger partial charge in [-0.2, -0.15) is 0 Å². The molecule has 0 aliphatic rings. The molecule has 0 aliphatic carbocycles. The van der Waals surface area contributed by atoms with Crippen LogP contribution in [-0.2, 0) is 16.2 Å². The third kappa shape index (κ3) is 6.90. The molecule has 0 saturated heterocycles. The third-order valence-electron chi connectivity index (χ3n) is 5.15. The van der Waals surface area contributed by atoms with Crippen LogP contribution < -0.4 is 9.47 Å². The van der Waals surface area contributed by atoms with Crippen molar-refractivity contribution in [1.82, 2.24) is 0 Å². The summed E-state index contributed by atoms with van der Waals surface area (Å²) < 4.78 is 23.1. The molecule has 0 radical (unpaired) electrons. The van der Waals surface area contributed by atoms with Gasteiger partial charge < -0.3 is 9.47 Å². The summed E-state index contributed by atoms with van der Waals surface area (Å²) in [4.78, 5) is 0. The molecule has 1 unspecified atom stereocenters. The predicted molar refractivity (Wildman–Crippen MR) is 129 cm³/mol. The molecule has 0 heterocycles. The van der Waals surface area contributed by atoms with Gasteiger partial charge in [0.2, 0.25) is 0 Å². The Bertz CT molecular complexity index is 812. The van der Waals surface area contributed by atoms with Crippen molar-refractivity contribution in [3.63, 3.8) is 0 Å². The Kier molecular flexibility index (Phi) is 9.99. The van der Waals surface area contributed by atoms with E-state index in [2.05, 4.69) is 32.9 Å². The molecule has 2 aromatic rings. The van der Waals surface area contributed by atoms with Crippen molar-refractivity contribution in [3.8, 4) is 11.5 Å². The van der Waals surface area contributed by atoms with E-state index in [0.717, 1.165) is 36.3 Å². The fourth-order valence-electron chi connectivity index (χ4n) is 3.07. The van der Waals surface area contributed by atoms with Gasteiger partial charge in [-0.1, -0.05) is 69.5 Å². The SMILES string of the molecule is CCCCOc1ccc(C(C)(C)c2cc(Cl)c(OCCCS(=O)CC)c(Cl)c2)cc1. The molecule has 0 bridgehead atoms. The molecule has 3 nitrogen and oxygen atoms in total. The molecule has 2 rings (SSSR count). The average molecular weight is 471 g/mol. The van der Waals surface area contributed by atoms with Crippen molar-refractivity contribution in [2.75, 3.05) is 24.7 Å². The minimum Gasteiger partial charge on any atom is -0.494 e. The highest BCUT2D eigenvalue weighted by atomic mass is 35.5. The lowest BCUT2D eigenvalue weighted by molar-refractivity contribution is 0.309. The van der Waals surface area contributed by atoms with E-state index in [-0.39, 0.29) is 5.41 Å². The Balaban J connectivity index is 2.11. The van der Waals surface area contributed by atoms with Gasteiger partial charge >= 0.3 is 0 Å². The zero-order valence-electron chi connectivity index (χ0n) is 18.3. The molecule has 30 heavy (non-hydrogen) atoms. The standard InChI is InChI=1S/C24H32Cl2O3S/c1-5-7-13-28-20-11-9-18(10-12-20)24(3,4)19-16-21(25)23(22(26)17-19)29-14-8-15-30(27)6-2/h9-12,16-17H,5-8,13-15H2,1-4H3. The van der Waals surface area contributed by atoms with Gasteiger partial charge in [-0.3, -0.25) is 4.21 Å². The van der Waals surface area contributed by atoms with Crippen LogP contribution in [0.4, 0.5) is 0 Å². The Labute approximate surface area is 193 Å². The fraction of sp³-hybridized carbons (Fsp3) is 0.500. The summed E-state index contributed by atoms with van der Waals surface area (Å²) in [5.74, 6) is 2.65. The molecule has 0 aliphatic heterocycles. The van der Waals surface area contributed by atoms with Crippen LogP contribution in [0.1, 0.15) is 58.1 Å². The first-order chi connectivity index (χ1) is 14.3. The van der Waals surface area contributed by atoms with Gasteiger partial charge in [0.25, 0.3) is 0 Å². The molecule has 2 aromatic carbocycles. The zero-order chi connectivity index (χ0) is 22.1. The van der Waals surface area contributed by atoms with Crippen molar-refractivity contribution in [1.29, 1.82) is 0 Å². The summed E-state index contributed by atoms with van der Waals surface area (Å²) in [6.07, 6.45) is 2.87. The minimum absolute atomic E-state index is 0.286. The van der Waals surface area contributed by atoms with Crippen LogP contribution >= 0.6 is 23.2 Å². The Morgan fingerprint density at radius 3 is 2.07 bits per heavy atom. The smallest absolute Gasteiger partial charge is 0.156 e. The Morgan fingerprint density at radius 2 is 1.50 bits per heavy atom. The van der Waals surface area contributed by atoms with Crippen molar-refractivity contribution in [2.24, 2.45) is 0 Å². The van der Waals surface area contributed by atoms with Crippen molar-refractivity contribution < 1.29 is 13.7 Å². The van der Waals surface area contributed by atoms with Gasteiger partial charge in [-0.25, -0.2) is 0 Å². The molecule has 0 amide bonds. The number of benzene rings is 2.